The number of carbonyl (C=O) groups is 1. The van der Waals surface area contributed by atoms with E-state index in [0.29, 0.717) is 11.5 Å². The number of amides is 1. The molecule has 6 heteroatoms. The summed E-state index contributed by atoms with van der Waals surface area (Å²) >= 11 is 0. The molecule has 4 rings (SSSR count). The van der Waals surface area contributed by atoms with E-state index < -0.39 is 5.91 Å². The highest BCUT2D eigenvalue weighted by Gasteiger charge is 2.19. The lowest BCUT2D eigenvalue weighted by Crippen LogP contribution is -2.14. The van der Waals surface area contributed by atoms with E-state index in [0.717, 1.165) is 22.4 Å². The molecule has 0 saturated carbocycles. The van der Waals surface area contributed by atoms with Gasteiger partial charge in [-0.1, -0.05) is 42.0 Å². The number of hydrogen-bond donors (Lipinski definition) is 1. The maximum atomic E-state index is 13.1. The first kappa shape index (κ1) is 18.6. The summed E-state index contributed by atoms with van der Waals surface area (Å²) in [7, 11) is 0. The van der Waals surface area contributed by atoms with Crippen molar-refractivity contribution in [3.8, 4) is 17.1 Å². The summed E-state index contributed by atoms with van der Waals surface area (Å²) in [5.74, 6) is -0.228. The minimum atomic E-state index is -0.462. The first-order chi connectivity index (χ1) is 14.0. The second-order valence-electron chi connectivity index (χ2n) is 6.84. The van der Waals surface area contributed by atoms with Gasteiger partial charge >= 0.3 is 0 Å². The SMILES string of the molecule is Cc1ccc(-c2nc(C(=O)Nc3ccc(F)cc3)nn2-c2cccc(C)c2)cc1. The first-order valence-electron chi connectivity index (χ1n) is 9.18. The topological polar surface area (TPSA) is 59.8 Å². The standard InChI is InChI=1S/C23H19FN4O/c1-15-6-8-17(9-7-15)22-26-21(23(29)25-19-12-10-18(24)11-13-19)27-28(22)20-5-3-4-16(2)14-20/h3-14H,1-2H3,(H,25,29). The molecule has 3 aromatic carbocycles. The Bertz CT molecular complexity index is 1160. The Morgan fingerprint density at radius 3 is 2.34 bits per heavy atom. The largest absolute Gasteiger partial charge is 0.319 e. The second kappa shape index (κ2) is 7.67. The van der Waals surface area contributed by atoms with Crippen LogP contribution >= 0.6 is 0 Å². The van der Waals surface area contributed by atoms with Gasteiger partial charge in [0.1, 0.15) is 5.82 Å². The van der Waals surface area contributed by atoms with E-state index in [-0.39, 0.29) is 11.6 Å². The summed E-state index contributed by atoms with van der Waals surface area (Å²) in [6, 6.07) is 21.3. The molecule has 144 valence electrons. The van der Waals surface area contributed by atoms with Gasteiger partial charge in [0.05, 0.1) is 5.69 Å². The molecule has 1 aromatic heterocycles. The third kappa shape index (κ3) is 4.06. The lowest BCUT2D eigenvalue weighted by Gasteiger charge is -2.07. The summed E-state index contributed by atoms with van der Waals surface area (Å²) < 4.78 is 14.8. The van der Waals surface area contributed by atoms with Crippen LogP contribution in [0.4, 0.5) is 10.1 Å². The quantitative estimate of drug-likeness (QED) is 0.540. The molecule has 29 heavy (non-hydrogen) atoms. The zero-order chi connectivity index (χ0) is 20.4. The number of hydrogen-bond acceptors (Lipinski definition) is 3. The van der Waals surface area contributed by atoms with Crippen LogP contribution in [0.1, 0.15) is 21.7 Å². The Kier molecular flexibility index (Phi) is 4.91. The van der Waals surface area contributed by atoms with E-state index >= 15 is 0 Å². The predicted molar refractivity (Wildman–Crippen MR) is 111 cm³/mol. The van der Waals surface area contributed by atoms with Gasteiger partial charge in [-0.2, -0.15) is 0 Å². The van der Waals surface area contributed by atoms with Crippen LogP contribution in [0.3, 0.4) is 0 Å². The number of anilines is 1. The highest BCUT2D eigenvalue weighted by atomic mass is 19.1. The third-order valence-electron chi connectivity index (χ3n) is 4.47. The average molecular weight is 386 g/mol. The number of halogens is 1. The fraction of sp³-hybridized carbons (Fsp3) is 0.0870. The highest BCUT2D eigenvalue weighted by molar-refractivity contribution is 6.01. The van der Waals surface area contributed by atoms with Crippen LogP contribution in [0.2, 0.25) is 0 Å². The number of carbonyl (C=O) groups excluding carboxylic acids is 1. The van der Waals surface area contributed by atoms with E-state index in [2.05, 4.69) is 15.4 Å². The minimum Gasteiger partial charge on any atom is -0.319 e. The van der Waals surface area contributed by atoms with Crippen molar-refractivity contribution in [1.29, 1.82) is 0 Å². The maximum absolute atomic E-state index is 13.1. The lowest BCUT2D eigenvalue weighted by molar-refractivity contribution is 0.101. The van der Waals surface area contributed by atoms with Crippen LogP contribution in [0.5, 0.6) is 0 Å². The fourth-order valence-electron chi connectivity index (χ4n) is 2.96. The van der Waals surface area contributed by atoms with E-state index in [9.17, 15) is 9.18 Å². The van der Waals surface area contributed by atoms with Gasteiger partial charge < -0.3 is 5.32 Å². The molecule has 0 radical (unpaired) electrons. The van der Waals surface area contributed by atoms with Crippen molar-refractivity contribution in [1.82, 2.24) is 14.8 Å². The van der Waals surface area contributed by atoms with Gasteiger partial charge in [0.2, 0.25) is 5.82 Å². The molecule has 0 aliphatic rings. The molecular weight excluding hydrogens is 367 g/mol. The van der Waals surface area contributed by atoms with Gasteiger partial charge in [-0.05, 0) is 55.8 Å². The molecule has 0 saturated heterocycles. The third-order valence-corrected chi connectivity index (χ3v) is 4.47. The molecule has 0 fully saturated rings. The number of nitrogens with zero attached hydrogens (tertiary/aromatic N) is 3. The summed E-state index contributed by atoms with van der Waals surface area (Å²) in [4.78, 5) is 17.2. The summed E-state index contributed by atoms with van der Waals surface area (Å²) in [6.45, 7) is 4.00. The first-order valence-corrected chi connectivity index (χ1v) is 9.18. The Hall–Kier alpha value is -3.80. The van der Waals surface area contributed by atoms with Gasteiger partial charge in [-0.25, -0.2) is 14.1 Å². The Balaban J connectivity index is 1.75. The molecule has 0 spiro atoms. The lowest BCUT2D eigenvalue weighted by atomic mass is 10.1. The Morgan fingerprint density at radius 2 is 1.66 bits per heavy atom. The van der Waals surface area contributed by atoms with Gasteiger partial charge in [-0.3, -0.25) is 4.79 Å². The van der Waals surface area contributed by atoms with E-state index in [4.69, 9.17) is 0 Å². The summed E-state index contributed by atoms with van der Waals surface area (Å²) in [5, 5.41) is 7.16. The molecular formula is C23H19FN4O. The molecule has 1 N–H and O–H groups in total. The maximum Gasteiger partial charge on any atom is 0.295 e. The Morgan fingerprint density at radius 1 is 0.931 bits per heavy atom. The number of nitrogens with one attached hydrogen (secondary N) is 1. The molecule has 4 aromatic rings. The van der Waals surface area contributed by atoms with Crippen molar-refractivity contribution in [2.75, 3.05) is 5.32 Å². The zero-order valence-electron chi connectivity index (χ0n) is 16.1. The zero-order valence-corrected chi connectivity index (χ0v) is 16.1. The van der Waals surface area contributed by atoms with E-state index in [1.54, 1.807) is 4.68 Å². The summed E-state index contributed by atoms with van der Waals surface area (Å²) in [6.07, 6.45) is 0. The van der Waals surface area contributed by atoms with Gasteiger partial charge in [0, 0.05) is 11.3 Å². The van der Waals surface area contributed by atoms with Crippen LogP contribution in [0.15, 0.2) is 72.8 Å². The molecule has 0 aliphatic carbocycles. The van der Waals surface area contributed by atoms with Gasteiger partial charge in [0.15, 0.2) is 5.82 Å². The molecule has 1 amide bonds. The predicted octanol–water partition coefficient (Wildman–Crippen LogP) is 4.94. The van der Waals surface area contributed by atoms with Crippen LogP contribution in [-0.2, 0) is 0 Å². The van der Waals surface area contributed by atoms with Crippen molar-refractivity contribution < 1.29 is 9.18 Å². The molecule has 0 unspecified atom stereocenters. The average Bonchev–Trinajstić information content (AvgIpc) is 3.16. The molecule has 5 nitrogen and oxygen atoms in total. The molecule has 1 heterocycles. The second-order valence-corrected chi connectivity index (χ2v) is 6.84. The van der Waals surface area contributed by atoms with Crippen LogP contribution < -0.4 is 5.32 Å². The van der Waals surface area contributed by atoms with Crippen LogP contribution in [-0.4, -0.2) is 20.7 Å². The van der Waals surface area contributed by atoms with Crippen molar-refractivity contribution in [3.63, 3.8) is 0 Å². The van der Waals surface area contributed by atoms with E-state index in [1.165, 1.54) is 24.3 Å². The molecule has 0 aliphatic heterocycles. The van der Waals surface area contributed by atoms with Crippen molar-refractivity contribution in [3.05, 3.63) is 95.6 Å². The van der Waals surface area contributed by atoms with Crippen molar-refractivity contribution in [2.24, 2.45) is 0 Å². The number of rotatable bonds is 4. The monoisotopic (exact) mass is 386 g/mol. The fourth-order valence-corrected chi connectivity index (χ4v) is 2.96. The van der Waals surface area contributed by atoms with E-state index in [1.807, 2.05) is 62.4 Å². The van der Waals surface area contributed by atoms with Crippen LogP contribution in [0.25, 0.3) is 17.1 Å². The number of aryl methyl sites for hydroxylation is 2. The summed E-state index contributed by atoms with van der Waals surface area (Å²) in [5.41, 5.74) is 4.34. The van der Waals surface area contributed by atoms with Gasteiger partial charge in [-0.15, -0.1) is 5.10 Å². The number of aromatic nitrogens is 3. The highest BCUT2D eigenvalue weighted by Crippen LogP contribution is 2.23. The van der Waals surface area contributed by atoms with Crippen molar-refractivity contribution in [2.45, 2.75) is 13.8 Å². The smallest absolute Gasteiger partial charge is 0.295 e. The molecule has 0 bridgehead atoms. The minimum absolute atomic E-state index is 0.0337. The van der Waals surface area contributed by atoms with Crippen LogP contribution in [0, 0.1) is 19.7 Å². The Labute approximate surface area is 167 Å². The van der Waals surface area contributed by atoms with Crippen molar-refractivity contribution >= 4 is 11.6 Å². The van der Waals surface area contributed by atoms with Gasteiger partial charge in [0.25, 0.3) is 5.91 Å². The normalized spacial score (nSPS) is 10.7. The molecule has 0 atom stereocenters. The number of benzene rings is 3.